The van der Waals surface area contributed by atoms with Crippen molar-refractivity contribution in [1.82, 2.24) is 4.98 Å². The van der Waals surface area contributed by atoms with Gasteiger partial charge in [-0.1, -0.05) is 6.07 Å². The fourth-order valence-corrected chi connectivity index (χ4v) is 0.886. The molecule has 0 aliphatic carbocycles. The minimum absolute atomic E-state index is 0. The molecule has 1 aromatic heterocycles. The first-order chi connectivity index (χ1) is 5.33. The van der Waals surface area contributed by atoms with E-state index in [1.807, 2.05) is 12.1 Å². The first-order valence-electron chi connectivity index (χ1n) is 3.58. The maximum Gasteiger partial charge on any atom is 0.0585 e. The molecule has 3 N–H and O–H groups in total. The average molecular weight is 225 g/mol. The molecule has 0 bridgehead atoms. The first kappa shape index (κ1) is 15.1. The zero-order valence-corrected chi connectivity index (χ0v) is 8.72. The largest absolute Gasteiger partial charge is 0.395 e. The molecule has 0 radical (unpaired) electrons. The van der Waals surface area contributed by atoms with Gasteiger partial charge >= 0.3 is 0 Å². The number of hydrogen-bond donors (Lipinski definition) is 2. The first-order valence-corrected chi connectivity index (χ1v) is 3.58. The van der Waals surface area contributed by atoms with Crippen LogP contribution in [0.1, 0.15) is 5.56 Å². The number of aliphatic hydroxyl groups is 1. The minimum atomic E-state index is -0.167. The predicted molar refractivity (Wildman–Crippen MR) is 57.5 cm³/mol. The molecule has 0 aromatic carbocycles. The van der Waals surface area contributed by atoms with Gasteiger partial charge in [0.1, 0.15) is 0 Å². The van der Waals surface area contributed by atoms with Crippen LogP contribution in [0.2, 0.25) is 0 Å². The fourth-order valence-electron chi connectivity index (χ4n) is 0.886. The van der Waals surface area contributed by atoms with Gasteiger partial charge in [-0.15, -0.1) is 24.8 Å². The molecule has 1 rings (SSSR count). The molecule has 0 spiro atoms. The molecule has 13 heavy (non-hydrogen) atoms. The number of hydrogen-bond acceptors (Lipinski definition) is 3. The Kier molecular flexibility index (Phi) is 9.61. The highest BCUT2D eigenvalue weighted by atomic mass is 35.5. The lowest BCUT2D eigenvalue weighted by atomic mass is 10.1. The van der Waals surface area contributed by atoms with Gasteiger partial charge in [-0.3, -0.25) is 4.98 Å². The Morgan fingerprint density at radius 1 is 1.46 bits per heavy atom. The molecule has 5 heteroatoms. The lowest BCUT2D eigenvalue weighted by Gasteiger charge is -2.06. The molecule has 0 unspecified atom stereocenters. The second kappa shape index (κ2) is 8.26. The zero-order valence-electron chi connectivity index (χ0n) is 7.09. The Morgan fingerprint density at radius 2 is 2.15 bits per heavy atom. The molecule has 1 heterocycles. The molecule has 0 amide bonds. The van der Waals surface area contributed by atoms with Gasteiger partial charge in [-0.2, -0.15) is 0 Å². The van der Waals surface area contributed by atoms with Crippen LogP contribution in [0.25, 0.3) is 0 Å². The SMILES string of the molecule is Cl.Cl.N[C@@H](CO)Cc1cccnc1. The van der Waals surface area contributed by atoms with Gasteiger partial charge in [0.25, 0.3) is 0 Å². The van der Waals surface area contributed by atoms with Gasteiger partial charge in [0.2, 0.25) is 0 Å². The summed E-state index contributed by atoms with van der Waals surface area (Å²) in [4.78, 5) is 3.93. The van der Waals surface area contributed by atoms with E-state index in [1.54, 1.807) is 12.4 Å². The van der Waals surface area contributed by atoms with E-state index < -0.39 is 0 Å². The van der Waals surface area contributed by atoms with Crippen LogP contribution in [0.3, 0.4) is 0 Å². The predicted octanol–water partition coefficient (Wildman–Crippen LogP) is 0.787. The third-order valence-corrected chi connectivity index (χ3v) is 1.46. The van der Waals surface area contributed by atoms with Crippen molar-refractivity contribution in [3.63, 3.8) is 0 Å². The van der Waals surface area contributed by atoms with Gasteiger partial charge in [0.05, 0.1) is 6.61 Å². The van der Waals surface area contributed by atoms with Crippen LogP contribution in [-0.4, -0.2) is 22.7 Å². The van der Waals surface area contributed by atoms with Crippen LogP contribution in [0.4, 0.5) is 0 Å². The standard InChI is InChI=1S/C8H12N2O.2ClH/c9-8(6-11)4-7-2-1-3-10-5-7;;/h1-3,5,8,11H,4,6,9H2;2*1H/t8-;;/m1../s1. The average Bonchev–Trinajstić information content (AvgIpc) is 2.06. The van der Waals surface area contributed by atoms with E-state index in [0.717, 1.165) is 5.56 Å². The van der Waals surface area contributed by atoms with Gasteiger partial charge in [-0.05, 0) is 18.1 Å². The van der Waals surface area contributed by atoms with Crippen LogP contribution in [0, 0.1) is 0 Å². The van der Waals surface area contributed by atoms with Crippen molar-refractivity contribution in [2.45, 2.75) is 12.5 Å². The Morgan fingerprint density at radius 3 is 2.62 bits per heavy atom. The van der Waals surface area contributed by atoms with E-state index in [-0.39, 0.29) is 37.5 Å². The molecule has 1 atom stereocenters. The Bertz CT molecular complexity index is 209. The van der Waals surface area contributed by atoms with Crippen molar-refractivity contribution >= 4 is 24.8 Å². The third kappa shape index (κ3) is 5.82. The van der Waals surface area contributed by atoms with E-state index in [4.69, 9.17) is 10.8 Å². The van der Waals surface area contributed by atoms with Crippen molar-refractivity contribution in [2.75, 3.05) is 6.61 Å². The van der Waals surface area contributed by atoms with Crippen LogP contribution >= 0.6 is 24.8 Å². The van der Waals surface area contributed by atoms with Gasteiger partial charge in [0.15, 0.2) is 0 Å². The number of aromatic nitrogens is 1. The van der Waals surface area contributed by atoms with Gasteiger partial charge < -0.3 is 10.8 Å². The fraction of sp³-hybridized carbons (Fsp3) is 0.375. The number of nitrogens with two attached hydrogens (primary N) is 1. The highest BCUT2D eigenvalue weighted by Gasteiger charge is 2.00. The van der Waals surface area contributed by atoms with Crippen LogP contribution < -0.4 is 5.73 Å². The Labute approximate surface area is 90.2 Å². The number of halogens is 2. The summed E-state index contributed by atoms with van der Waals surface area (Å²) in [5.74, 6) is 0. The van der Waals surface area contributed by atoms with Gasteiger partial charge in [-0.25, -0.2) is 0 Å². The molecule has 1 aromatic rings. The lowest BCUT2D eigenvalue weighted by molar-refractivity contribution is 0.265. The van der Waals surface area contributed by atoms with E-state index in [9.17, 15) is 0 Å². The summed E-state index contributed by atoms with van der Waals surface area (Å²) in [6.45, 7) is 0.0227. The monoisotopic (exact) mass is 224 g/mol. The molecule has 0 aliphatic rings. The molecular formula is C8H14Cl2N2O. The summed E-state index contributed by atoms with van der Waals surface area (Å²) in [7, 11) is 0. The van der Waals surface area contributed by atoms with Crippen molar-refractivity contribution in [2.24, 2.45) is 5.73 Å². The number of aliphatic hydroxyl groups excluding tert-OH is 1. The Balaban J connectivity index is 0. The van der Waals surface area contributed by atoms with Crippen molar-refractivity contribution in [3.8, 4) is 0 Å². The molecule has 0 fully saturated rings. The second-order valence-electron chi connectivity index (χ2n) is 2.51. The van der Waals surface area contributed by atoms with Crippen LogP contribution in [0.5, 0.6) is 0 Å². The summed E-state index contributed by atoms with van der Waals surface area (Å²) in [5, 5.41) is 8.65. The molecule has 0 aliphatic heterocycles. The topological polar surface area (TPSA) is 59.1 Å². The highest BCUT2D eigenvalue weighted by Crippen LogP contribution is 1.98. The van der Waals surface area contributed by atoms with Crippen LogP contribution in [-0.2, 0) is 6.42 Å². The third-order valence-electron chi connectivity index (χ3n) is 1.46. The molecular weight excluding hydrogens is 211 g/mol. The van der Waals surface area contributed by atoms with Crippen molar-refractivity contribution in [1.29, 1.82) is 0 Å². The molecule has 76 valence electrons. The van der Waals surface area contributed by atoms with Gasteiger partial charge in [0, 0.05) is 18.4 Å². The number of nitrogens with zero attached hydrogens (tertiary/aromatic N) is 1. The molecule has 0 saturated heterocycles. The highest BCUT2D eigenvalue weighted by molar-refractivity contribution is 5.85. The number of rotatable bonds is 3. The lowest BCUT2D eigenvalue weighted by Crippen LogP contribution is -2.26. The van der Waals surface area contributed by atoms with Crippen molar-refractivity contribution in [3.05, 3.63) is 30.1 Å². The smallest absolute Gasteiger partial charge is 0.0585 e. The van der Waals surface area contributed by atoms with Crippen LogP contribution in [0.15, 0.2) is 24.5 Å². The maximum absolute atomic E-state index is 8.65. The summed E-state index contributed by atoms with van der Waals surface area (Å²) in [5.41, 5.74) is 6.59. The summed E-state index contributed by atoms with van der Waals surface area (Å²) < 4.78 is 0. The molecule has 3 nitrogen and oxygen atoms in total. The van der Waals surface area contributed by atoms with E-state index in [2.05, 4.69) is 4.98 Å². The minimum Gasteiger partial charge on any atom is -0.395 e. The second-order valence-corrected chi connectivity index (χ2v) is 2.51. The summed E-state index contributed by atoms with van der Waals surface area (Å²) in [6.07, 6.45) is 4.16. The zero-order chi connectivity index (χ0) is 8.10. The number of pyridine rings is 1. The van der Waals surface area contributed by atoms with E-state index in [0.29, 0.717) is 6.42 Å². The maximum atomic E-state index is 8.65. The van der Waals surface area contributed by atoms with Crippen molar-refractivity contribution < 1.29 is 5.11 Å². The molecule has 0 saturated carbocycles. The summed E-state index contributed by atoms with van der Waals surface area (Å²) >= 11 is 0. The Hall–Kier alpha value is -0.350. The normalized spacial score (nSPS) is 10.9. The quantitative estimate of drug-likeness (QED) is 0.799. The van der Waals surface area contributed by atoms with E-state index in [1.165, 1.54) is 0 Å². The van der Waals surface area contributed by atoms with E-state index >= 15 is 0 Å². The summed E-state index contributed by atoms with van der Waals surface area (Å²) in [6, 6.07) is 3.64.